The summed E-state index contributed by atoms with van der Waals surface area (Å²) in [6.45, 7) is 1.55. The average molecular weight is 258 g/mol. The van der Waals surface area contributed by atoms with Crippen LogP contribution < -0.4 is 5.73 Å². The number of carbonyl (C=O) groups excluding carboxylic acids is 1. The van der Waals surface area contributed by atoms with E-state index >= 15 is 0 Å². The molecule has 0 spiro atoms. The summed E-state index contributed by atoms with van der Waals surface area (Å²) in [7, 11) is 0. The van der Waals surface area contributed by atoms with Gasteiger partial charge in [0.15, 0.2) is 5.12 Å². The first-order valence-corrected chi connectivity index (χ1v) is 6.04. The van der Waals surface area contributed by atoms with Crippen molar-refractivity contribution in [3.05, 3.63) is 23.1 Å². The van der Waals surface area contributed by atoms with Crippen LogP contribution in [0.15, 0.2) is 12.3 Å². The van der Waals surface area contributed by atoms with Crippen LogP contribution in [0.5, 0.6) is 0 Å². The first-order chi connectivity index (χ1) is 7.59. The molecule has 0 saturated heterocycles. The van der Waals surface area contributed by atoms with E-state index in [-0.39, 0.29) is 10.4 Å². The van der Waals surface area contributed by atoms with Crippen molar-refractivity contribution in [3.8, 4) is 0 Å². The molecule has 0 atom stereocenters. The average Bonchev–Trinajstić information content (AvgIpc) is 2.20. The third kappa shape index (κ3) is 4.63. The second-order valence-electron chi connectivity index (χ2n) is 3.01. The number of nitrogens with zero attached hydrogens (tertiary/aromatic N) is 2. The van der Waals surface area contributed by atoms with Crippen molar-refractivity contribution in [3.63, 3.8) is 0 Å². The van der Waals surface area contributed by atoms with Gasteiger partial charge < -0.3 is 5.73 Å². The van der Waals surface area contributed by atoms with Gasteiger partial charge in [0.25, 0.3) is 0 Å². The molecular formula is C10H12ClN3OS. The Bertz CT molecular complexity index is 409. The van der Waals surface area contributed by atoms with Gasteiger partial charge >= 0.3 is 0 Å². The molecule has 0 amide bonds. The molecular weight excluding hydrogens is 246 g/mol. The molecule has 1 heterocycles. The molecule has 86 valence electrons. The minimum atomic E-state index is 0.128. The predicted molar refractivity (Wildman–Crippen MR) is 68.2 cm³/mol. The van der Waals surface area contributed by atoms with Crippen molar-refractivity contribution in [1.29, 1.82) is 0 Å². The Kier molecular flexibility index (Phi) is 5.28. The largest absolute Gasteiger partial charge is 0.383 e. The molecule has 0 radical (unpaired) electrons. The molecule has 0 unspecified atom stereocenters. The molecule has 1 aromatic rings. The van der Waals surface area contributed by atoms with Crippen LogP contribution in [-0.4, -0.2) is 20.8 Å². The predicted octanol–water partition coefficient (Wildman–Crippen LogP) is 2.40. The fourth-order valence-electron chi connectivity index (χ4n) is 0.991. The van der Waals surface area contributed by atoms with Gasteiger partial charge in [-0.05, 0) is 18.0 Å². The summed E-state index contributed by atoms with van der Waals surface area (Å²) < 4.78 is 0. The second-order valence-corrected chi connectivity index (χ2v) is 4.62. The normalized spacial score (nSPS) is 10.9. The van der Waals surface area contributed by atoms with E-state index in [1.807, 2.05) is 12.2 Å². The molecule has 1 rings (SSSR count). The van der Waals surface area contributed by atoms with Crippen molar-refractivity contribution in [2.45, 2.75) is 13.3 Å². The quantitative estimate of drug-likeness (QED) is 0.663. The Hall–Kier alpha value is -1.07. The lowest BCUT2D eigenvalue weighted by atomic mass is 10.2. The van der Waals surface area contributed by atoms with Gasteiger partial charge in [0.05, 0.1) is 0 Å². The summed E-state index contributed by atoms with van der Waals surface area (Å²) in [5.74, 6) is 1.12. The Balaban J connectivity index is 2.47. The summed E-state index contributed by atoms with van der Waals surface area (Å²) in [5.41, 5.74) is 6.37. The summed E-state index contributed by atoms with van der Waals surface area (Å²) in [4.78, 5) is 18.3. The molecule has 6 heteroatoms. The van der Waals surface area contributed by atoms with E-state index in [1.165, 1.54) is 11.8 Å². The fraction of sp³-hybridized carbons (Fsp3) is 0.300. The van der Waals surface area contributed by atoms with Crippen LogP contribution in [0.4, 0.5) is 5.82 Å². The van der Waals surface area contributed by atoms with Gasteiger partial charge in [0.2, 0.25) is 5.28 Å². The van der Waals surface area contributed by atoms with Crippen LogP contribution in [0.1, 0.15) is 18.9 Å². The van der Waals surface area contributed by atoms with Crippen LogP contribution in [0.2, 0.25) is 5.28 Å². The van der Waals surface area contributed by atoms with Crippen LogP contribution in [0.25, 0.3) is 6.08 Å². The van der Waals surface area contributed by atoms with E-state index in [0.717, 1.165) is 17.7 Å². The van der Waals surface area contributed by atoms with E-state index < -0.39 is 0 Å². The van der Waals surface area contributed by atoms with Crippen molar-refractivity contribution < 1.29 is 4.79 Å². The smallest absolute Gasteiger partial charge is 0.224 e. The molecule has 0 saturated carbocycles. The molecule has 0 bridgehead atoms. The van der Waals surface area contributed by atoms with Crippen LogP contribution >= 0.6 is 23.4 Å². The topological polar surface area (TPSA) is 68.9 Å². The van der Waals surface area contributed by atoms with Gasteiger partial charge in [-0.15, -0.1) is 0 Å². The summed E-state index contributed by atoms with van der Waals surface area (Å²) >= 11 is 6.87. The van der Waals surface area contributed by atoms with E-state index in [1.54, 1.807) is 13.1 Å². The second kappa shape index (κ2) is 6.50. The number of nitrogen functional groups attached to an aromatic ring is 1. The van der Waals surface area contributed by atoms with Gasteiger partial charge in [-0.3, -0.25) is 4.79 Å². The number of aromatic nitrogens is 2. The maximum absolute atomic E-state index is 10.7. The number of allylic oxidation sites excluding steroid dienone is 1. The zero-order chi connectivity index (χ0) is 12.0. The molecule has 16 heavy (non-hydrogen) atoms. The highest BCUT2D eigenvalue weighted by atomic mass is 35.5. The molecule has 0 aromatic carbocycles. The number of hydrogen-bond donors (Lipinski definition) is 1. The van der Waals surface area contributed by atoms with Crippen LogP contribution in [0.3, 0.4) is 0 Å². The highest BCUT2D eigenvalue weighted by Crippen LogP contribution is 2.13. The number of anilines is 1. The molecule has 0 fully saturated rings. The van der Waals surface area contributed by atoms with Gasteiger partial charge in [0, 0.05) is 24.4 Å². The summed E-state index contributed by atoms with van der Waals surface area (Å²) in [5, 5.41) is 0.268. The number of thioether (sulfide) groups is 1. The number of hydrogen-bond acceptors (Lipinski definition) is 5. The van der Waals surface area contributed by atoms with Gasteiger partial charge in [-0.2, -0.15) is 0 Å². The number of halogens is 1. The number of nitrogens with two attached hydrogens (primary N) is 1. The first kappa shape index (κ1) is 13.0. The maximum atomic E-state index is 10.7. The maximum Gasteiger partial charge on any atom is 0.224 e. The summed E-state index contributed by atoms with van der Waals surface area (Å²) in [6.07, 6.45) is 6.12. The van der Waals surface area contributed by atoms with Crippen molar-refractivity contribution in [1.82, 2.24) is 9.97 Å². The standard InChI is InChI=1S/C10H12ClN3OS/c1-7(15)16-5-3-2-4-8-6-13-10(11)14-9(8)12/h2,4,6H,3,5H2,1H3,(H2,12,13,14). The molecule has 1 aromatic heterocycles. The minimum Gasteiger partial charge on any atom is -0.383 e. The molecule has 0 aliphatic heterocycles. The zero-order valence-corrected chi connectivity index (χ0v) is 10.4. The third-order valence-electron chi connectivity index (χ3n) is 1.71. The lowest BCUT2D eigenvalue weighted by molar-refractivity contribution is -0.109. The minimum absolute atomic E-state index is 0.128. The fourth-order valence-corrected chi connectivity index (χ4v) is 1.67. The number of rotatable bonds is 4. The highest BCUT2D eigenvalue weighted by Gasteiger charge is 1.98. The Morgan fingerprint density at radius 1 is 1.69 bits per heavy atom. The summed E-state index contributed by atoms with van der Waals surface area (Å²) in [6, 6.07) is 0. The van der Waals surface area contributed by atoms with E-state index in [9.17, 15) is 4.79 Å². The lowest BCUT2D eigenvalue weighted by Crippen LogP contribution is -1.95. The van der Waals surface area contributed by atoms with E-state index in [2.05, 4.69) is 9.97 Å². The highest BCUT2D eigenvalue weighted by molar-refractivity contribution is 8.13. The van der Waals surface area contributed by atoms with Gasteiger partial charge in [-0.25, -0.2) is 9.97 Å². The zero-order valence-electron chi connectivity index (χ0n) is 8.81. The number of carbonyl (C=O) groups is 1. The van der Waals surface area contributed by atoms with Crippen LogP contribution in [0, 0.1) is 0 Å². The van der Waals surface area contributed by atoms with Gasteiger partial charge in [0.1, 0.15) is 5.82 Å². The molecule has 4 nitrogen and oxygen atoms in total. The third-order valence-corrected chi connectivity index (χ3v) is 2.73. The Labute approximate surface area is 103 Å². The van der Waals surface area contributed by atoms with Crippen molar-refractivity contribution >= 4 is 40.4 Å². The first-order valence-electron chi connectivity index (χ1n) is 4.67. The molecule has 2 N–H and O–H groups in total. The van der Waals surface area contributed by atoms with E-state index in [0.29, 0.717) is 5.82 Å². The SMILES string of the molecule is CC(=O)SCCC=Cc1cnc(Cl)nc1N. The van der Waals surface area contributed by atoms with Crippen molar-refractivity contribution in [2.75, 3.05) is 11.5 Å². The lowest BCUT2D eigenvalue weighted by Gasteiger charge is -1.98. The van der Waals surface area contributed by atoms with Gasteiger partial charge in [-0.1, -0.05) is 23.9 Å². The van der Waals surface area contributed by atoms with E-state index in [4.69, 9.17) is 17.3 Å². The molecule has 0 aliphatic carbocycles. The Morgan fingerprint density at radius 3 is 3.06 bits per heavy atom. The molecule has 0 aliphatic rings. The Morgan fingerprint density at radius 2 is 2.44 bits per heavy atom. The monoisotopic (exact) mass is 257 g/mol. The van der Waals surface area contributed by atoms with Crippen molar-refractivity contribution in [2.24, 2.45) is 0 Å². The van der Waals surface area contributed by atoms with Crippen LogP contribution in [-0.2, 0) is 4.79 Å².